The van der Waals surface area contributed by atoms with E-state index in [0.717, 1.165) is 19.1 Å². The number of hydrogen-bond acceptors (Lipinski definition) is 2. The maximum absolute atomic E-state index is 13.0. The molecule has 0 radical (unpaired) electrons. The number of rotatable bonds is 5. The number of aliphatic carboxylic acids is 1. The quantitative estimate of drug-likeness (QED) is 0.873. The van der Waals surface area contributed by atoms with Crippen molar-refractivity contribution in [1.29, 1.82) is 0 Å². The molecule has 0 aliphatic carbocycles. The fourth-order valence-electron chi connectivity index (χ4n) is 2.29. The van der Waals surface area contributed by atoms with Gasteiger partial charge in [-0.15, -0.1) is 0 Å². The van der Waals surface area contributed by atoms with Gasteiger partial charge in [0.2, 0.25) is 0 Å². The van der Waals surface area contributed by atoms with Crippen LogP contribution in [0.3, 0.4) is 0 Å². The summed E-state index contributed by atoms with van der Waals surface area (Å²) in [4.78, 5) is 11.2. The fraction of sp³-hybridized carbons (Fsp3) is 0.500. The average Bonchev–Trinajstić information content (AvgIpc) is 2.34. The van der Waals surface area contributed by atoms with Crippen molar-refractivity contribution in [2.45, 2.75) is 38.5 Å². The second-order valence-corrected chi connectivity index (χ2v) is 4.87. The average molecular weight is 290 g/mol. The molecule has 0 saturated heterocycles. The van der Waals surface area contributed by atoms with Crippen molar-refractivity contribution >= 4 is 5.97 Å². The predicted octanol–water partition coefficient (Wildman–Crippen LogP) is 3.41. The van der Waals surface area contributed by atoms with Gasteiger partial charge in [-0.25, -0.2) is 0 Å². The lowest BCUT2D eigenvalue weighted by Crippen LogP contribution is -2.38. The molecule has 2 N–H and O–H groups in total. The van der Waals surface area contributed by atoms with Crippen LogP contribution in [0.25, 0.3) is 0 Å². The molecule has 0 bridgehead atoms. The van der Waals surface area contributed by atoms with E-state index in [1.807, 2.05) is 0 Å². The highest BCUT2D eigenvalue weighted by atomic mass is 19.4. The molecule has 2 unspecified atom stereocenters. The minimum absolute atomic E-state index is 0.0918. The smallest absolute Gasteiger partial charge is 0.416 e. The van der Waals surface area contributed by atoms with Gasteiger partial charge in [-0.05, 0) is 25.0 Å². The molecule has 112 valence electrons. The van der Waals surface area contributed by atoms with Crippen molar-refractivity contribution in [1.82, 2.24) is 0 Å². The Morgan fingerprint density at radius 1 is 1.25 bits per heavy atom. The van der Waals surface area contributed by atoms with Crippen LogP contribution in [0.15, 0.2) is 24.3 Å². The summed E-state index contributed by atoms with van der Waals surface area (Å²) in [5, 5.41) is 19.6. The number of halogens is 3. The summed E-state index contributed by atoms with van der Waals surface area (Å²) < 4.78 is 38.9. The van der Waals surface area contributed by atoms with E-state index in [1.165, 1.54) is 12.1 Å². The lowest BCUT2D eigenvalue weighted by atomic mass is 9.78. The lowest BCUT2D eigenvalue weighted by molar-refractivity contribution is -0.156. The fourth-order valence-corrected chi connectivity index (χ4v) is 2.29. The largest absolute Gasteiger partial charge is 0.481 e. The molecule has 0 aliphatic heterocycles. The van der Waals surface area contributed by atoms with Crippen LogP contribution in [0.4, 0.5) is 13.2 Å². The third-order valence-electron chi connectivity index (χ3n) is 3.33. The second-order valence-electron chi connectivity index (χ2n) is 4.87. The lowest BCUT2D eigenvalue weighted by Gasteiger charge is -2.32. The van der Waals surface area contributed by atoms with E-state index in [9.17, 15) is 23.1 Å². The standard InChI is InChI=1S/C14H17F3O3/c1-3-6-11(12(18)19)13(2,20)9-7-4-5-8-10(9)14(15,16)17/h4-5,7-8,11,20H,3,6H2,1-2H3,(H,18,19). The Morgan fingerprint density at radius 2 is 1.75 bits per heavy atom. The first-order chi connectivity index (χ1) is 9.12. The highest BCUT2D eigenvalue weighted by molar-refractivity contribution is 5.72. The van der Waals surface area contributed by atoms with Crippen molar-refractivity contribution in [3.63, 3.8) is 0 Å². The van der Waals surface area contributed by atoms with Crippen LogP contribution in [-0.4, -0.2) is 16.2 Å². The van der Waals surface area contributed by atoms with Crippen molar-refractivity contribution in [2.75, 3.05) is 0 Å². The van der Waals surface area contributed by atoms with Crippen LogP contribution < -0.4 is 0 Å². The van der Waals surface area contributed by atoms with E-state index >= 15 is 0 Å². The Balaban J connectivity index is 3.37. The molecule has 0 aromatic heterocycles. The van der Waals surface area contributed by atoms with Crippen molar-refractivity contribution in [3.8, 4) is 0 Å². The maximum atomic E-state index is 13.0. The number of carboxylic acid groups (broad SMARTS) is 1. The third-order valence-corrected chi connectivity index (χ3v) is 3.33. The number of aliphatic hydroxyl groups is 1. The first kappa shape index (κ1) is 16.5. The van der Waals surface area contributed by atoms with Crippen molar-refractivity contribution in [3.05, 3.63) is 35.4 Å². The van der Waals surface area contributed by atoms with Crippen LogP contribution in [0.1, 0.15) is 37.8 Å². The summed E-state index contributed by atoms with van der Waals surface area (Å²) in [6.07, 6.45) is -4.11. The number of alkyl halides is 3. The van der Waals surface area contributed by atoms with Gasteiger partial charge in [0.15, 0.2) is 0 Å². The van der Waals surface area contributed by atoms with E-state index in [2.05, 4.69) is 0 Å². The summed E-state index contributed by atoms with van der Waals surface area (Å²) in [7, 11) is 0. The van der Waals surface area contributed by atoms with Crippen LogP contribution in [0.2, 0.25) is 0 Å². The molecule has 20 heavy (non-hydrogen) atoms. The number of carbonyl (C=O) groups is 1. The van der Waals surface area contributed by atoms with Gasteiger partial charge in [0, 0.05) is 0 Å². The zero-order chi connectivity index (χ0) is 15.6. The zero-order valence-electron chi connectivity index (χ0n) is 11.2. The Kier molecular flexibility index (Phi) is 4.81. The van der Waals surface area contributed by atoms with Gasteiger partial charge in [0.05, 0.1) is 11.5 Å². The van der Waals surface area contributed by atoms with Crippen LogP contribution in [0.5, 0.6) is 0 Å². The highest BCUT2D eigenvalue weighted by Crippen LogP contribution is 2.40. The third kappa shape index (κ3) is 3.30. The molecule has 0 aliphatic rings. The molecule has 1 aromatic rings. The molecule has 0 amide bonds. The summed E-state index contributed by atoms with van der Waals surface area (Å²) in [6.45, 7) is 2.83. The van der Waals surface area contributed by atoms with Gasteiger partial charge >= 0.3 is 12.1 Å². The van der Waals surface area contributed by atoms with Crippen molar-refractivity contribution < 1.29 is 28.2 Å². The van der Waals surface area contributed by atoms with Crippen LogP contribution >= 0.6 is 0 Å². The van der Waals surface area contributed by atoms with Gasteiger partial charge in [0.25, 0.3) is 0 Å². The molecule has 1 rings (SSSR count). The zero-order valence-corrected chi connectivity index (χ0v) is 11.2. The molecular formula is C14H17F3O3. The van der Waals surface area contributed by atoms with Gasteiger partial charge < -0.3 is 10.2 Å². The topological polar surface area (TPSA) is 57.5 Å². The summed E-state index contributed by atoms with van der Waals surface area (Å²) in [5.41, 5.74) is -3.51. The number of benzene rings is 1. The molecular weight excluding hydrogens is 273 g/mol. The normalized spacial score (nSPS) is 16.5. The molecule has 0 fully saturated rings. The van der Waals surface area contributed by atoms with Gasteiger partial charge in [-0.2, -0.15) is 13.2 Å². The van der Waals surface area contributed by atoms with Crippen LogP contribution in [-0.2, 0) is 16.6 Å². The predicted molar refractivity (Wildman–Crippen MR) is 67.0 cm³/mol. The minimum atomic E-state index is -4.64. The molecule has 3 nitrogen and oxygen atoms in total. The summed E-state index contributed by atoms with van der Waals surface area (Å²) in [5.74, 6) is -2.61. The van der Waals surface area contributed by atoms with Gasteiger partial charge in [0.1, 0.15) is 5.60 Å². The van der Waals surface area contributed by atoms with E-state index in [0.29, 0.717) is 6.42 Å². The Morgan fingerprint density at radius 3 is 2.15 bits per heavy atom. The molecule has 0 saturated carbocycles. The molecule has 0 spiro atoms. The first-order valence-electron chi connectivity index (χ1n) is 6.24. The maximum Gasteiger partial charge on any atom is 0.416 e. The number of hydrogen-bond donors (Lipinski definition) is 2. The summed E-state index contributed by atoms with van der Waals surface area (Å²) in [6, 6.07) is 4.52. The molecule has 2 atom stereocenters. The van der Waals surface area contributed by atoms with E-state index in [4.69, 9.17) is 5.11 Å². The highest BCUT2D eigenvalue weighted by Gasteiger charge is 2.44. The number of carboxylic acids is 1. The minimum Gasteiger partial charge on any atom is -0.481 e. The monoisotopic (exact) mass is 290 g/mol. The van der Waals surface area contributed by atoms with Crippen LogP contribution in [0, 0.1) is 5.92 Å². The first-order valence-corrected chi connectivity index (χ1v) is 6.24. The van der Waals surface area contributed by atoms with Gasteiger partial charge in [-0.3, -0.25) is 4.79 Å². The SMILES string of the molecule is CCCC(C(=O)O)C(C)(O)c1ccccc1C(F)(F)F. The Labute approximate surface area is 115 Å². The van der Waals surface area contributed by atoms with Gasteiger partial charge in [-0.1, -0.05) is 31.5 Å². The van der Waals surface area contributed by atoms with E-state index in [1.54, 1.807) is 6.92 Å². The van der Waals surface area contributed by atoms with Crippen molar-refractivity contribution in [2.24, 2.45) is 5.92 Å². The summed E-state index contributed by atoms with van der Waals surface area (Å²) >= 11 is 0. The Hall–Kier alpha value is -1.56. The molecule has 6 heteroatoms. The van der Waals surface area contributed by atoms with E-state index < -0.39 is 34.8 Å². The van der Waals surface area contributed by atoms with E-state index in [-0.39, 0.29) is 6.42 Å². The Bertz CT molecular complexity index is 481. The second kappa shape index (κ2) is 5.83. The molecule has 1 aromatic carbocycles. The molecule has 0 heterocycles.